The van der Waals surface area contributed by atoms with Crippen molar-refractivity contribution in [1.29, 1.82) is 0 Å². The molecule has 1 aromatic rings. The average Bonchev–Trinajstić information content (AvgIpc) is 2.39. The Morgan fingerprint density at radius 2 is 2.05 bits per heavy atom. The Kier molecular flexibility index (Phi) is 4.53. The summed E-state index contributed by atoms with van der Waals surface area (Å²) in [4.78, 5) is 12.2. The van der Waals surface area contributed by atoms with E-state index < -0.39 is 0 Å². The molecular weight excluding hydrogens is 243 g/mol. The molecule has 1 fully saturated rings. The molecule has 1 aliphatic rings. The summed E-state index contributed by atoms with van der Waals surface area (Å²) in [5.74, 6) is -0.181. The lowest BCUT2D eigenvalue weighted by Gasteiger charge is -2.27. The normalized spacial score (nSPS) is 24.8. The van der Waals surface area contributed by atoms with Gasteiger partial charge in [-0.1, -0.05) is 18.6 Å². The second kappa shape index (κ2) is 6.15. The maximum absolute atomic E-state index is 12.8. The van der Waals surface area contributed by atoms with Crippen LogP contribution in [0.5, 0.6) is 0 Å². The fourth-order valence-electron chi connectivity index (χ4n) is 2.63. The first kappa shape index (κ1) is 14.0. The van der Waals surface area contributed by atoms with Crippen LogP contribution < -0.4 is 11.1 Å². The molecule has 4 heteroatoms. The summed E-state index contributed by atoms with van der Waals surface area (Å²) in [6.45, 7) is 1.91. The van der Waals surface area contributed by atoms with Crippen molar-refractivity contribution in [3.05, 3.63) is 35.6 Å². The Balaban J connectivity index is 1.92. The number of nitrogens with two attached hydrogens (primary N) is 1. The van der Waals surface area contributed by atoms with Crippen LogP contribution in [0.15, 0.2) is 24.3 Å². The summed E-state index contributed by atoms with van der Waals surface area (Å²) < 4.78 is 12.8. The van der Waals surface area contributed by atoms with Gasteiger partial charge in [-0.15, -0.1) is 0 Å². The number of rotatable bonds is 3. The highest BCUT2D eigenvalue weighted by molar-refractivity contribution is 5.79. The number of hydrogen-bond acceptors (Lipinski definition) is 2. The molecule has 3 N–H and O–H groups in total. The fourth-order valence-corrected chi connectivity index (χ4v) is 2.63. The third-order valence-electron chi connectivity index (χ3n) is 3.81. The molecule has 1 amide bonds. The minimum Gasteiger partial charge on any atom is -0.349 e. The zero-order valence-corrected chi connectivity index (χ0v) is 11.2. The zero-order valence-electron chi connectivity index (χ0n) is 11.2. The summed E-state index contributed by atoms with van der Waals surface area (Å²) in [7, 11) is 0. The van der Waals surface area contributed by atoms with Crippen LogP contribution in [0.1, 0.15) is 44.2 Å². The van der Waals surface area contributed by atoms with E-state index in [1.165, 1.54) is 12.1 Å². The number of carbonyl (C=O) groups excluding carboxylic acids is 1. The maximum atomic E-state index is 12.8. The summed E-state index contributed by atoms with van der Waals surface area (Å²) in [6, 6.07) is 6.26. The number of amides is 1. The van der Waals surface area contributed by atoms with E-state index in [1.807, 2.05) is 6.92 Å². The van der Waals surface area contributed by atoms with Gasteiger partial charge in [0.1, 0.15) is 5.82 Å². The highest BCUT2D eigenvalue weighted by Gasteiger charge is 2.26. The van der Waals surface area contributed by atoms with Crippen molar-refractivity contribution < 1.29 is 9.18 Å². The third kappa shape index (κ3) is 3.77. The first-order chi connectivity index (χ1) is 9.06. The van der Waals surface area contributed by atoms with Gasteiger partial charge in [0.05, 0.1) is 6.04 Å². The van der Waals surface area contributed by atoms with Crippen molar-refractivity contribution in [3.63, 3.8) is 0 Å². The molecule has 1 aromatic carbocycles. The standard InChI is InChI=1S/C15H21FN2O/c1-10(11-5-7-13(16)8-6-11)18-15(19)12-3-2-4-14(17)9-12/h5-8,10,12,14H,2-4,9,17H2,1H3,(H,18,19). The van der Waals surface area contributed by atoms with Crippen LogP contribution in [0.2, 0.25) is 0 Å². The van der Waals surface area contributed by atoms with Gasteiger partial charge in [-0.2, -0.15) is 0 Å². The van der Waals surface area contributed by atoms with Crippen molar-refractivity contribution in [2.75, 3.05) is 0 Å². The predicted molar refractivity (Wildman–Crippen MR) is 72.9 cm³/mol. The van der Waals surface area contributed by atoms with Crippen molar-refractivity contribution in [1.82, 2.24) is 5.32 Å². The van der Waals surface area contributed by atoms with E-state index in [-0.39, 0.29) is 29.7 Å². The Labute approximate surface area is 113 Å². The first-order valence-corrected chi connectivity index (χ1v) is 6.87. The minimum absolute atomic E-state index is 0.0200. The highest BCUT2D eigenvalue weighted by Crippen LogP contribution is 2.24. The van der Waals surface area contributed by atoms with Crippen molar-refractivity contribution in [2.45, 2.75) is 44.7 Å². The molecule has 0 radical (unpaired) electrons. The van der Waals surface area contributed by atoms with Gasteiger partial charge in [0, 0.05) is 12.0 Å². The van der Waals surface area contributed by atoms with Crippen LogP contribution in [-0.2, 0) is 4.79 Å². The molecule has 0 saturated heterocycles. The lowest BCUT2D eigenvalue weighted by molar-refractivity contribution is -0.126. The lowest BCUT2D eigenvalue weighted by Crippen LogP contribution is -2.38. The largest absolute Gasteiger partial charge is 0.349 e. The minimum atomic E-state index is -0.263. The van der Waals surface area contributed by atoms with E-state index in [4.69, 9.17) is 5.73 Å². The topological polar surface area (TPSA) is 55.1 Å². The Morgan fingerprint density at radius 1 is 1.37 bits per heavy atom. The second-order valence-electron chi connectivity index (χ2n) is 5.41. The van der Waals surface area contributed by atoms with E-state index in [2.05, 4.69) is 5.32 Å². The molecule has 0 heterocycles. The summed E-state index contributed by atoms with van der Waals surface area (Å²) in [5.41, 5.74) is 6.81. The van der Waals surface area contributed by atoms with E-state index >= 15 is 0 Å². The zero-order chi connectivity index (χ0) is 13.8. The average molecular weight is 264 g/mol. The van der Waals surface area contributed by atoms with Gasteiger partial charge >= 0.3 is 0 Å². The molecule has 19 heavy (non-hydrogen) atoms. The van der Waals surface area contributed by atoms with E-state index in [9.17, 15) is 9.18 Å². The van der Waals surface area contributed by atoms with Crippen LogP contribution in [0.4, 0.5) is 4.39 Å². The highest BCUT2D eigenvalue weighted by atomic mass is 19.1. The van der Waals surface area contributed by atoms with Crippen LogP contribution >= 0.6 is 0 Å². The lowest BCUT2D eigenvalue weighted by atomic mass is 9.85. The Hall–Kier alpha value is -1.42. The number of benzene rings is 1. The molecule has 1 aliphatic carbocycles. The molecule has 3 unspecified atom stereocenters. The van der Waals surface area contributed by atoms with Crippen LogP contribution in [0.3, 0.4) is 0 Å². The number of halogens is 1. The molecule has 3 nitrogen and oxygen atoms in total. The van der Waals surface area contributed by atoms with Crippen LogP contribution in [-0.4, -0.2) is 11.9 Å². The quantitative estimate of drug-likeness (QED) is 0.881. The van der Waals surface area contributed by atoms with Gasteiger partial charge in [0.15, 0.2) is 0 Å². The third-order valence-corrected chi connectivity index (χ3v) is 3.81. The Morgan fingerprint density at radius 3 is 2.68 bits per heavy atom. The number of nitrogens with one attached hydrogen (secondary N) is 1. The Bertz CT molecular complexity index is 432. The monoisotopic (exact) mass is 264 g/mol. The van der Waals surface area contributed by atoms with E-state index in [0.29, 0.717) is 0 Å². The maximum Gasteiger partial charge on any atom is 0.223 e. The summed E-state index contributed by atoms with van der Waals surface area (Å²) in [6.07, 6.45) is 3.71. The van der Waals surface area contributed by atoms with Crippen molar-refractivity contribution >= 4 is 5.91 Å². The molecule has 0 aromatic heterocycles. The summed E-state index contributed by atoms with van der Waals surface area (Å²) >= 11 is 0. The van der Waals surface area contributed by atoms with Gasteiger partial charge in [-0.05, 0) is 43.9 Å². The van der Waals surface area contributed by atoms with Gasteiger partial charge in [-0.25, -0.2) is 4.39 Å². The number of hydrogen-bond donors (Lipinski definition) is 2. The smallest absolute Gasteiger partial charge is 0.223 e. The number of carbonyl (C=O) groups is 1. The van der Waals surface area contributed by atoms with E-state index in [0.717, 1.165) is 31.2 Å². The van der Waals surface area contributed by atoms with Gasteiger partial charge < -0.3 is 11.1 Å². The van der Waals surface area contributed by atoms with Crippen LogP contribution in [0, 0.1) is 11.7 Å². The van der Waals surface area contributed by atoms with Gasteiger partial charge in [0.2, 0.25) is 5.91 Å². The molecule has 0 aliphatic heterocycles. The van der Waals surface area contributed by atoms with Gasteiger partial charge in [0.25, 0.3) is 0 Å². The summed E-state index contributed by atoms with van der Waals surface area (Å²) in [5, 5.41) is 2.99. The van der Waals surface area contributed by atoms with Crippen molar-refractivity contribution in [2.24, 2.45) is 11.7 Å². The molecule has 1 saturated carbocycles. The fraction of sp³-hybridized carbons (Fsp3) is 0.533. The molecule has 0 bridgehead atoms. The predicted octanol–water partition coefficient (Wildman–Crippen LogP) is 2.52. The van der Waals surface area contributed by atoms with E-state index in [1.54, 1.807) is 12.1 Å². The molecule has 2 rings (SSSR count). The molecule has 104 valence electrons. The second-order valence-corrected chi connectivity index (χ2v) is 5.41. The van der Waals surface area contributed by atoms with Crippen LogP contribution in [0.25, 0.3) is 0 Å². The first-order valence-electron chi connectivity index (χ1n) is 6.87. The molecule has 0 spiro atoms. The van der Waals surface area contributed by atoms with Gasteiger partial charge in [-0.3, -0.25) is 4.79 Å². The van der Waals surface area contributed by atoms with Crippen molar-refractivity contribution in [3.8, 4) is 0 Å². The molecule has 3 atom stereocenters. The SMILES string of the molecule is CC(NC(=O)C1CCCC(N)C1)c1ccc(F)cc1. The molecular formula is C15H21FN2O.